The van der Waals surface area contributed by atoms with E-state index < -0.39 is 5.97 Å². The first-order valence-corrected chi connectivity index (χ1v) is 4.86. The molecule has 0 aliphatic rings. The van der Waals surface area contributed by atoms with E-state index in [-0.39, 0.29) is 17.5 Å². The van der Waals surface area contributed by atoms with Crippen molar-refractivity contribution in [1.82, 2.24) is 0 Å². The van der Waals surface area contributed by atoms with Gasteiger partial charge in [0.25, 0.3) is 0 Å². The molecule has 0 bridgehead atoms. The van der Waals surface area contributed by atoms with Gasteiger partial charge in [-0.2, -0.15) is 0 Å². The molecular weight excluding hydrogens is 224 g/mol. The highest BCUT2D eigenvalue weighted by molar-refractivity contribution is 5.96. The number of aldehydes is 2. The molecule has 5 nitrogen and oxygen atoms in total. The number of hydrogen-bond donors (Lipinski definition) is 0. The molecule has 5 heteroatoms. The second kappa shape index (κ2) is 5.79. The van der Waals surface area contributed by atoms with Crippen molar-refractivity contribution in [3.63, 3.8) is 0 Å². The number of esters is 1. The predicted octanol–water partition coefficient (Wildman–Crippen LogP) is 1.04. The lowest BCUT2D eigenvalue weighted by Crippen LogP contribution is -2.10. The Morgan fingerprint density at radius 1 is 1.29 bits per heavy atom. The summed E-state index contributed by atoms with van der Waals surface area (Å²) in [5.41, 5.74) is 0.714. The van der Waals surface area contributed by atoms with Gasteiger partial charge < -0.3 is 14.3 Å². The fourth-order valence-corrected chi connectivity index (χ4v) is 1.55. The molecule has 0 N–H and O–H groups in total. The van der Waals surface area contributed by atoms with E-state index >= 15 is 0 Å². The van der Waals surface area contributed by atoms with Crippen LogP contribution in [0, 0.1) is 0 Å². The molecule has 17 heavy (non-hydrogen) atoms. The number of hydrogen-bond acceptors (Lipinski definition) is 5. The zero-order valence-electron chi connectivity index (χ0n) is 9.56. The van der Waals surface area contributed by atoms with Crippen molar-refractivity contribution < 1.29 is 23.9 Å². The maximum atomic E-state index is 11.5. The van der Waals surface area contributed by atoms with Crippen LogP contribution in [0.4, 0.5) is 0 Å². The summed E-state index contributed by atoms with van der Waals surface area (Å²) in [7, 11) is 2.64. The first-order valence-electron chi connectivity index (χ1n) is 4.86. The van der Waals surface area contributed by atoms with Crippen LogP contribution in [0.15, 0.2) is 12.1 Å². The average molecular weight is 236 g/mol. The number of ether oxygens (including phenoxy) is 2. The summed E-state index contributed by atoms with van der Waals surface area (Å²) in [6.45, 7) is 0. The van der Waals surface area contributed by atoms with Gasteiger partial charge in [0.15, 0.2) is 6.29 Å². The Morgan fingerprint density at radius 2 is 2.00 bits per heavy atom. The Morgan fingerprint density at radius 3 is 2.47 bits per heavy atom. The first kappa shape index (κ1) is 12.9. The van der Waals surface area contributed by atoms with Crippen molar-refractivity contribution in [2.45, 2.75) is 6.42 Å². The molecule has 0 spiro atoms. The fourth-order valence-electron chi connectivity index (χ4n) is 1.55. The van der Waals surface area contributed by atoms with Crippen molar-refractivity contribution in [2.24, 2.45) is 0 Å². The molecule has 0 aromatic heterocycles. The van der Waals surface area contributed by atoms with Gasteiger partial charge in [-0.3, -0.25) is 4.79 Å². The standard InChI is InChI=1S/C12H12O5/c1-16-11-4-3-9(12(15)17-2)8(5-6-13)10(11)7-14/h3-4,6-7H,5H2,1-2H3. The highest BCUT2D eigenvalue weighted by atomic mass is 16.5. The summed E-state index contributed by atoms with van der Waals surface area (Å²) >= 11 is 0. The molecule has 0 atom stereocenters. The molecule has 0 aliphatic carbocycles. The molecule has 1 rings (SSSR count). The quantitative estimate of drug-likeness (QED) is 0.564. The molecule has 0 saturated carbocycles. The van der Waals surface area contributed by atoms with Gasteiger partial charge >= 0.3 is 5.97 Å². The van der Waals surface area contributed by atoms with Crippen molar-refractivity contribution in [2.75, 3.05) is 14.2 Å². The van der Waals surface area contributed by atoms with Gasteiger partial charge in [0.2, 0.25) is 0 Å². The van der Waals surface area contributed by atoms with Gasteiger partial charge in [-0.1, -0.05) is 0 Å². The number of carbonyl (C=O) groups excluding carboxylic acids is 3. The maximum Gasteiger partial charge on any atom is 0.338 e. The molecule has 0 aliphatic heterocycles. The van der Waals surface area contributed by atoms with E-state index in [2.05, 4.69) is 4.74 Å². The van der Waals surface area contributed by atoms with Gasteiger partial charge in [-0.15, -0.1) is 0 Å². The predicted molar refractivity (Wildman–Crippen MR) is 59.5 cm³/mol. The molecule has 0 saturated heterocycles. The van der Waals surface area contributed by atoms with Gasteiger partial charge in [0, 0.05) is 6.42 Å². The summed E-state index contributed by atoms with van der Waals surface area (Å²) in [5, 5.41) is 0. The van der Waals surface area contributed by atoms with Crippen LogP contribution in [0.1, 0.15) is 26.3 Å². The second-order valence-corrected chi connectivity index (χ2v) is 3.19. The topological polar surface area (TPSA) is 69.7 Å². The van der Waals surface area contributed by atoms with Crippen molar-refractivity contribution in [1.29, 1.82) is 0 Å². The summed E-state index contributed by atoms with van der Waals surface area (Å²) in [5.74, 6) is -0.267. The van der Waals surface area contributed by atoms with E-state index in [4.69, 9.17) is 4.74 Å². The average Bonchev–Trinajstić information content (AvgIpc) is 2.37. The molecule has 0 heterocycles. The normalized spacial score (nSPS) is 9.53. The lowest BCUT2D eigenvalue weighted by molar-refractivity contribution is -0.107. The second-order valence-electron chi connectivity index (χ2n) is 3.19. The molecule has 0 fully saturated rings. The van der Waals surface area contributed by atoms with E-state index in [1.165, 1.54) is 26.4 Å². The fraction of sp³-hybridized carbons (Fsp3) is 0.250. The summed E-state index contributed by atoms with van der Waals surface area (Å²) in [4.78, 5) is 33.1. The molecule has 0 amide bonds. The van der Waals surface area contributed by atoms with E-state index in [1.54, 1.807) is 0 Å². The SMILES string of the molecule is COC(=O)c1ccc(OC)c(C=O)c1CC=O. The molecule has 1 aromatic carbocycles. The first-order chi connectivity index (χ1) is 8.19. The molecule has 0 radical (unpaired) electrons. The summed E-state index contributed by atoms with van der Waals surface area (Å²) < 4.78 is 9.58. The minimum Gasteiger partial charge on any atom is -0.496 e. The number of methoxy groups -OCH3 is 2. The zero-order chi connectivity index (χ0) is 12.8. The van der Waals surface area contributed by atoms with E-state index in [9.17, 15) is 14.4 Å². The Labute approximate surface area is 98.3 Å². The molecule has 0 unspecified atom stereocenters. The van der Waals surface area contributed by atoms with Gasteiger partial charge in [-0.05, 0) is 17.7 Å². The summed E-state index contributed by atoms with van der Waals surface area (Å²) in [6.07, 6.45) is 1.13. The van der Waals surface area contributed by atoms with Crippen LogP contribution >= 0.6 is 0 Å². The maximum absolute atomic E-state index is 11.5. The number of benzene rings is 1. The van der Waals surface area contributed by atoms with Crippen molar-refractivity contribution in [3.8, 4) is 5.75 Å². The van der Waals surface area contributed by atoms with Gasteiger partial charge in [0.05, 0.1) is 25.3 Å². The van der Waals surface area contributed by atoms with E-state index in [1.807, 2.05) is 0 Å². The Hall–Kier alpha value is -2.17. The minimum absolute atomic E-state index is 0.0459. The van der Waals surface area contributed by atoms with Crippen LogP contribution in [-0.2, 0) is 16.0 Å². The highest BCUT2D eigenvalue weighted by Crippen LogP contribution is 2.24. The third-order valence-corrected chi connectivity index (χ3v) is 2.35. The van der Waals surface area contributed by atoms with Crippen molar-refractivity contribution in [3.05, 3.63) is 28.8 Å². The largest absolute Gasteiger partial charge is 0.496 e. The minimum atomic E-state index is -0.590. The van der Waals surface area contributed by atoms with Crippen LogP contribution in [0.3, 0.4) is 0 Å². The van der Waals surface area contributed by atoms with E-state index in [0.717, 1.165) is 0 Å². The smallest absolute Gasteiger partial charge is 0.338 e. The summed E-state index contributed by atoms with van der Waals surface area (Å²) in [6, 6.07) is 2.96. The molecule has 1 aromatic rings. The highest BCUT2D eigenvalue weighted by Gasteiger charge is 2.18. The zero-order valence-corrected chi connectivity index (χ0v) is 9.56. The Bertz CT molecular complexity index is 450. The Kier molecular flexibility index (Phi) is 4.39. The van der Waals surface area contributed by atoms with E-state index in [0.29, 0.717) is 23.9 Å². The lowest BCUT2D eigenvalue weighted by Gasteiger charge is -2.11. The van der Waals surface area contributed by atoms with Crippen LogP contribution in [-0.4, -0.2) is 32.8 Å². The van der Waals surface area contributed by atoms with Crippen LogP contribution < -0.4 is 4.74 Å². The van der Waals surface area contributed by atoms with Crippen LogP contribution in [0.25, 0.3) is 0 Å². The lowest BCUT2D eigenvalue weighted by atomic mass is 9.98. The van der Waals surface area contributed by atoms with Crippen LogP contribution in [0.5, 0.6) is 5.75 Å². The number of carbonyl (C=O) groups is 3. The molecular formula is C12H12O5. The Balaban J connectivity index is 3.46. The third-order valence-electron chi connectivity index (χ3n) is 2.35. The van der Waals surface area contributed by atoms with Gasteiger partial charge in [0.1, 0.15) is 12.0 Å². The number of rotatable bonds is 5. The van der Waals surface area contributed by atoms with Crippen molar-refractivity contribution >= 4 is 18.5 Å². The monoisotopic (exact) mass is 236 g/mol. The van der Waals surface area contributed by atoms with Crippen LogP contribution in [0.2, 0.25) is 0 Å². The third kappa shape index (κ3) is 2.50. The molecule has 90 valence electrons. The van der Waals surface area contributed by atoms with Gasteiger partial charge in [-0.25, -0.2) is 4.79 Å².